The van der Waals surface area contributed by atoms with Crippen molar-refractivity contribution >= 4 is 23.5 Å². The summed E-state index contributed by atoms with van der Waals surface area (Å²) in [6.07, 6.45) is 2.51. The minimum absolute atomic E-state index is 0.0157. The molecule has 0 bridgehead atoms. The van der Waals surface area contributed by atoms with Gasteiger partial charge in [0.1, 0.15) is 16.9 Å². The van der Waals surface area contributed by atoms with Crippen molar-refractivity contribution in [3.8, 4) is 0 Å². The van der Waals surface area contributed by atoms with Crippen molar-refractivity contribution in [1.29, 1.82) is 0 Å². The number of rotatable bonds is 3. The van der Waals surface area contributed by atoms with E-state index in [1.165, 1.54) is 12.4 Å². The average molecular weight is 272 g/mol. The first-order chi connectivity index (χ1) is 8.21. The zero-order valence-electron chi connectivity index (χ0n) is 10.3. The minimum atomic E-state index is -1.11. The van der Waals surface area contributed by atoms with Gasteiger partial charge in [-0.3, -0.25) is 9.78 Å². The Morgan fingerprint density at radius 3 is 2.44 bits per heavy atom. The van der Waals surface area contributed by atoms with Crippen LogP contribution in [0.4, 0.5) is 0 Å². The van der Waals surface area contributed by atoms with Gasteiger partial charge in [0.15, 0.2) is 0 Å². The molecule has 0 spiro atoms. The zero-order chi connectivity index (χ0) is 13.9. The summed E-state index contributed by atoms with van der Waals surface area (Å²) in [6.45, 7) is 5.15. The predicted molar refractivity (Wildman–Crippen MR) is 65.4 cm³/mol. The van der Waals surface area contributed by atoms with Gasteiger partial charge in [0, 0.05) is 0 Å². The number of amides is 1. The van der Waals surface area contributed by atoms with E-state index < -0.39 is 23.3 Å². The van der Waals surface area contributed by atoms with Gasteiger partial charge in [0.25, 0.3) is 5.91 Å². The lowest BCUT2D eigenvalue weighted by atomic mass is 9.86. The molecule has 7 heteroatoms. The number of aromatic nitrogens is 2. The Kier molecular flexibility index (Phi) is 4.24. The first kappa shape index (κ1) is 14.4. The van der Waals surface area contributed by atoms with Crippen LogP contribution in [0.1, 0.15) is 31.3 Å². The van der Waals surface area contributed by atoms with Crippen molar-refractivity contribution in [3.05, 3.63) is 23.2 Å². The Balaban J connectivity index is 2.89. The molecular formula is C11H14ClN3O3. The highest BCUT2D eigenvalue weighted by atomic mass is 35.5. The molecule has 0 unspecified atom stereocenters. The van der Waals surface area contributed by atoms with Crippen molar-refractivity contribution in [2.45, 2.75) is 26.8 Å². The van der Waals surface area contributed by atoms with Crippen LogP contribution in [0, 0.1) is 5.41 Å². The van der Waals surface area contributed by atoms with Crippen molar-refractivity contribution < 1.29 is 14.7 Å². The molecule has 0 radical (unpaired) electrons. The fourth-order valence-electron chi connectivity index (χ4n) is 1.31. The standard InChI is InChI=1S/C11H14ClN3O3/c1-11(2,3)8(10(17)18)15-9(16)6-4-13-5-7(12)14-6/h4-5,8H,1-3H3,(H,15,16)(H,17,18)/t8-/m0/s1. The van der Waals surface area contributed by atoms with E-state index in [9.17, 15) is 9.59 Å². The number of carboxylic acids is 1. The molecule has 98 valence electrons. The van der Waals surface area contributed by atoms with Crippen LogP contribution in [0.3, 0.4) is 0 Å². The van der Waals surface area contributed by atoms with Gasteiger partial charge in [0.05, 0.1) is 12.4 Å². The third-order valence-electron chi connectivity index (χ3n) is 2.23. The van der Waals surface area contributed by atoms with E-state index in [2.05, 4.69) is 15.3 Å². The number of hydrogen-bond acceptors (Lipinski definition) is 4. The van der Waals surface area contributed by atoms with E-state index in [0.717, 1.165) is 0 Å². The lowest BCUT2D eigenvalue weighted by molar-refractivity contribution is -0.142. The molecule has 0 saturated heterocycles. The third kappa shape index (κ3) is 3.66. The molecule has 0 aromatic carbocycles. The maximum Gasteiger partial charge on any atom is 0.326 e. The zero-order valence-corrected chi connectivity index (χ0v) is 11.0. The number of hydrogen-bond donors (Lipinski definition) is 2. The first-order valence-corrected chi connectivity index (χ1v) is 5.61. The molecule has 18 heavy (non-hydrogen) atoms. The third-order valence-corrected chi connectivity index (χ3v) is 2.41. The van der Waals surface area contributed by atoms with E-state index >= 15 is 0 Å². The summed E-state index contributed by atoms with van der Waals surface area (Å²) in [6, 6.07) is -1.02. The Hall–Kier alpha value is -1.69. The van der Waals surface area contributed by atoms with Crippen molar-refractivity contribution in [3.63, 3.8) is 0 Å². The maximum atomic E-state index is 11.8. The van der Waals surface area contributed by atoms with Crippen LogP contribution in [-0.4, -0.2) is 33.0 Å². The van der Waals surface area contributed by atoms with Gasteiger partial charge in [0.2, 0.25) is 0 Å². The number of aliphatic carboxylic acids is 1. The smallest absolute Gasteiger partial charge is 0.326 e. The van der Waals surface area contributed by atoms with Crippen LogP contribution in [0.15, 0.2) is 12.4 Å². The Bertz CT molecular complexity index is 471. The lowest BCUT2D eigenvalue weighted by Gasteiger charge is -2.27. The van der Waals surface area contributed by atoms with Gasteiger partial charge in [-0.2, -0.15) is 0 Å². The molecular weight excluding hydrogens is 258 g/mol. The second-order valence-corrected chi connectivity index (χ2v) is 5.23. The lowest BCUT2D eigenvalue weighted by Crippen LogP contribution is -2.49. The van der Waals surface area contributed by atoms with E-state index in [1.807, 2.05) is 0 Å². The molecule has 0 saturated carbocycles. The fraction of sp³-hybridized carbons (Fsp3) is 0.455. The summed E-state index contributed by atoms with van der Waals surface area (Å²) in [5.74, 6) is -1.72. The second-order valence-electron chi connectivity index (χ2n) is 4.84. The summed E-state index contributed by atoms with van der Waals surface area (Å²) < 4.78 is 0. The number of carboxylic acid groups (broad SMARTS) is 1. The second kappa shape index (κ2) is 5.30. The molecule has 6 nitrogen and oxygen atoms in total. The van der Waals surface area contributed by atoms with Gasteiger partial charge in [-0.15, -0.1) is 0 Å². The number of carbonyl (C=O) groups is 2. The van der Waals surface area contributed by atoms with Crippen molar-refractivity contribution in [2.24, 2.45) is 5.41 Å². The molecule has 2 N–H and O–H groups in total. The van der Waals surface area contributed by atoms with Gasteiger partial charge < -0.3 is 10.4 Å². The molecule has 1 rings (SSSR count). The topological polar surface area (TPSA) is 92.2 Å². The van der Waals surface area contributed by atoms with Crippen LogP contribution < -0.4 is 5.32 Å². The fourth-order valence-corrected chi connectivity index (χ4v) is 1.45. The number of carbonyl (C=O) groups excluding carboxylic acids is 1. The molecule has 0 aliphatic heterocycles. The highest BCUT2D eigenvalue weighted by Gasteiger charge is 2.33. The molecule has 1 amide bonds. The van der Waals surface area contributed by atoms with E-state index in [0.29, 0.717) is 0 Å². The Morgan fingerprint density at radius 1 is 1.39 bits per heavy atom. The van der Waals surface area contributed by atoms with Crippen LogP contribution in [0.2, 0.25) is 5.15 Å². The van der Waals surface area contributed by atoms with Gasteiger partial charge >= 0.3 is 5.97 Å². The molecule has 0 fully saturated rings. The summed E-state index contributed by atoms with van der Waals surface area (Å²) in [7, 11) is 0. The summed E-state index contributed by atoms with van der Waals surface area (Å²) >= 11 is 5.61. The van der Waals surface area contributed by atoms with Crippen LogP contribution >= 0.6 is 11.6 Å². The van der Waals surface area contributed by atoms with Crippen LogP contribution in [0.25, 0.3) is 0 Å². The van der Waals surface area contributed by atoms with E-state index in [1.54, 1.807) is 20.8 Å². The molecule has 0 aliphatic carbocycles. The maximum absolute atomic E-state index is 11.8. The first-order valence-electron chi connectivity index (χ1n) is 5.23. The Morgan fingerprint density at radius 2 is 2.00 bits per heavy atom. The highest BCUT2D eigenvalue weighted by molar-refractivity contribution is 6.29. The van der Waals surface area contributed by atoms with Crippen molar-refractivity contribution in [2.75, 3.05) is 0 Å². The SMILES string of the molecule is CC(C)(C)[C@@H](NC(=O)c1cncc(Cl)n1)C(=O)O. The normalized spacial score (nSPS) is 12.9. The van der Waals surface area contributed by atoms with Gasteiger partial charge in [-0.05, 0) is 5.41 Å². The monoisotopic (exact) mass is 271 g/mol. The number of nitrogens with zero attached hydrogens (tertiary/aromatic N) is 2. The molecule has 1 aromatic rings. The van der Waals surface area contributed by atoms with Crippen LogP contribution in [-0.2, 0) is 4.79 Å². The van der Waals surface area contributed by atoms with Gasteiger partial charge in [-0.25, -0.2) is 9.78 Å². The molecule has 1 atom stereocenters. The quantitative estimate of drug-likeness (QED) is 0.866. The van der Waals surface area contributed by atoms with E-state index in [-0.39, 0.29) is 10.8 Å². The highest BCUT2D eigenvalue weighted by Crippen LogP contribution is 2.19. The molecule has 1 aromatic heterocycles. The van der Waals surface area contributed by atoms with Gasteiger partial charge in [-0.1, -0.05) is 32.4 Å². The summed E-state index contributed by atoms with van der Waals surface area (Å²) in [4.78, 5) is 30.4. The predicted octanol–water partition coefficient (Wildman–Crippen LogP) is 1.36. The Labute approximate surface area is 109 Å². The number of halogens is 1. The molecule has 0 aliphatic rings. The summed E-state index contributed by atoms with van der Waals surface area (Å²) in [5.41, 5.74) is -0.633. The van der Waals surface area contributed by atoms with E-state index in [4.69, 9.17) is 16.7 Å². The number of nitrogens with one attached hydrogen (secondary N) is 1. The molecule has 1 heterocycles. The largest absolute Gasteiger partial charge is 0.480 e. The average Bonchev–Trinajstić information content (AvgIpc) is 2.23. The summed E-state index contributed by atoms with van der Waals surface area (Å²) in [5, 5.41) is 11.6. The van der Waals surface area contributed by atoms with Crippen molar-refractivity contribution in [1.82, 2.24) is 15.3 Å². The van der Waals surface area contributed by atoms with Crippen LogP contribution in [0.5, 0.6) is 0 Å². The minimum Gasteiger partial charge on any atom is -0.480 e.